The Hall–Kier alpha value is -4.23. The average Bonchev–Trinajstić information content (AvgIpc) is 3.46. The lowest BCUT2D eigenvalue weighted by atomic mass is 10.1. The molecule has 6 rings (SSSR count). The van der Waals surface area contributed by atoms with E-state index in [1.807, 2.05) is 30.8 Å². The first-order valence-electron chi connectivity index (χ1n) is 14.3. The van der Waals surface area contributed by atoms with E-state index < -0.39 is 17.6 Å². The number of hydrogen-bond donors (Lipinski definition) is 3. The number of halogens is 3. The molecule has 1 atom stereocenters. The number of rotatable bonds is 8. The smallest absolute Gasteiger partial charge is 0.370 e. The van der Waals surface area contributed by atoms with Gasteiger partial charge in [0.1, 0.15) is 12.1 Å². The first kappa shape index (κ1) is 29.8. The van der Waals surface area contributed by atoms with Crippen molar-refractivity contribution in [2.75, 3.05) is 48.0 Å². The van der Waals surface area contributed by atoms with Crippen LogP contribution in [0.4, 0.5) is 36.1 Å². The molecule has 4 aromatic rings. The van der Waals surface area contributed by atoms with Crippen LogP contribution >= 0.6 is 11.3 Å². The molecule has 3 heterocycles. The lowest BCUT2D eigenvalue weighted by Gasteiger charge is -2.23. The van der Waals surface area contributed by atoms with Crippen LogP contribution in [-0.4, -0.2) is 66.0 Å². The van der Waals surface area contributed by atoms with Gasteiger partial charge in [0, 0.05) is 53.2 Å². The number of nitrogens with zero attached hydrogens (tertiary/aromatic N) is 4. The van der Waals surface area contributed by atoms with E-state index in [0.29, 0.717) is 53.1 Å². The number of hydrogen-bond acceptors (Lipinski definition) is 8. The van der Waals surface area contributed by atoms with Crippen LogP contribution < -0.4 is 20.9 Å². The van der Waals surface area contributed by atoms with Crippen molar-refractivity contribution in [3.05, 3.63) is 70.4 Å². The minimum Gasteiger partial charge on any atom is -0.370 e. The summed E-state index contributed by atoms with van der Waals surface area (Å²) >= 11 is 1.39. The molecule has 2 fully saturated rings. The van der Waals surface area contributed by atoms with E-state index in [9.17, 15) is 22.8 Å². The van der Waals surface area contributed by atoms with E-state index in [1.165, 1.54) is 23.7 Å². The number of carbonyl (C=O) groups is 2. The highest BCUT2D eigenvalue weighted by Crippen LogP contribution is 2.36. The van der Waals surface area contributed by atoms with E-state index in [-0.39, 0.29) is 17.5 Å². The summed E-state index contributed by atoms with van der Waals surface area (Å²) in [6, 6.07) is 9.02. The molecule has 44 heavy (non-hydrogen) atoms. The second-order valence-corrected chi connectivity index (χ2v) is 12.4. The van der Waals surface area contributed by atoms with E-state index in [1.54, 1.807) is 23.6 Å². The molecule has 2 aromatic heterocycles. The number of aryl methyl sites for hydroxylation is 1. The first-order valence-corrected chi connectivity index (χ1v) is 15.2. The fourth-order valence-corrected chi connectivity index (χ4v) is 6.20. The maximum atomic E-state index is 13.8. The highest BCUT2D eigenvalue weighted by Gasteiger charge is 2.33. The van der Waals surface area contributed by atoms with Crippen LogP contribution in [0.3, 0.4) is 0 Å². The summed E-state index contributed by atoms with van der Waals surface area (Å²) in [4.78, 5) is 39.2. The van der Waals surface area contributed by atoms with Gasteiger partial charge in [-0.15, -0.1) is 11.3 Å². The van der Waals surface area contributed by atoms with Crippen molar-refractivity contribution in [3.63, 3.8) is 0 Å². The third-order valence-corrected chi connectivity index (χ3v) is 9.00. The van der Waals surface area contributed by atoms with Crippen LogP contribution in [0.1, 0.15) is 51.1 Å². The molecule has 1 saturated carbocycles. The molecule has 1 aliphatic carbocycles. The molecule has 1 saturated heterocycles. The van der Waals surface area contributed by atoms with Crippen molar-refractivity contribution in [3.8, 4) is 0 Å². The predicted molar refractivity (Wildman–Crippen MR) is 167 cm³/mol. The van der Waals surface area contributed by atoms with Crippen molar-refractivity contribution < 1.29 is 22.8 Å². The van der Waals surface area contributed by atoms with Gasteiger partial charge in [0.2, 0.25) is 0 Å². The summed E-state index contributed by atoms with van der Waals surface area (Å²) in [7, 11) is 3.88. The van der Waals surface area contributed by atoms with Gasteiger partial charge in [-0.3, -0.25) is 9.59 Å². The largest absolute Gasteiger partial charge is 0.416 e. The molecule has 2 aromatic carbocycles. The van der Waals surface area contributed by atoms with E-state index in [2.05, 4.69) is 25.9 Å². The number of nitrogens with one attached hydrogen (secondary N) is 3. The standard InChI is InChI=1S/C31H32F3N7O2S/c1-17-4-5-21(13-25(17)39-30(43)24-15-44-27-26(24)35-16-36-28(27)37-20-6-7-20)38-29(42)18-10-19(31(32,33)34)12-23(11-18)41-9-8-22(14-41)40(2)3/h4-5,10-13,15-16,20,22H,6-9,14H2,1-3H3,(H,38,42)(H,39,43)(H,35,36,37). The number of aromatic nitrogens is 2. The minimum atomic E-state index is -4.61. The van der Waals surface area contributed by atoms with Gasteiger partial charge < -0.3 is 25.8 Å². The second-order valence-electron chi connectivity index (χ2n) is 11.5. The van der Waals surface area contributed by atoms with Gasteiger partial charge >= 0.3 is 6.18 Å². The van der Waals surface area contributed by atoms with Crippen LogP contribution in [-0.2, 0) is 6.18 Å². The Kier molecular flexibility index (Phi) is 7.93. The fourth-order valence-electron chi connectivity index (χ4n) is 5.25. The summed E-state index contributed by atoms with van der Waals surface area (Å²) in [5.41, 5.74) is 1.84. The molecule has 2 amide bonds. The van der Waals surface area contributed by atoms with Crippen molar-refractivity contribution >= 4 is 56.2 Å². The molecule has 9 nitrogen and oxygen atoms in total. The number of alkyl halides is 3. The van der Waals surface area contributed by atoms with Crippen molar-refractivity contribution in [1.82, 2.24) is 14.9 Å². The Morgan fingerprint density at radius 2 is 1.82 bits per heavy atom. The maximum absolute atomic E-state index is 13.8. The lowest BCUT2D eigenvalue weighted by molar-refractivity contribution is -0.137. The molecule has 2 aliphatic rings. The number of amides is 2. The molecule has 0 bridgehead atoms. The number of thiophene rings is 1. The fraction of sp³-hybridized carbons (Fsp3) is 0.355. The Morgan fingerprint density at radius 3 is 2.52 bits per heavy atom. The molecule has 1 unspecified atom stereocenters. The first-order chi connectivity index (χ1) is 21.0. The van der Waals surface area contributed by atoms with Crippen LogP contribution in [0.25, 0.3) is 10.2 Å². The number of benzene rings is 2. The molecule has 0 spiro atoms. The van der Waals surface area contributed by atoms with Crippen LogP contribution in [0, 0.1) is 6.92 Å². The highest BCUT2D eigenvalue weighted by atomic mass is 32.1. The molecule has 13 heteroatoms. The van der Waals surface area contributed by atoms with Gasteiger partial charge in [-0.1, -0.05) is 6.07 Å². The number of fused-ring (bicyclic) bond motifs is 1. The monoisotopic (exact) mass is 623 g/mol. The SMILES string of the molecule is Cc1ccc(NC(=O)c2cc(N3CCC(N(C)C)C3)cc(C(F)(F)F)c2)cc1NC(=O)c1csc2c(NC3CC3)ncnc12. The van der Waals surface area contributed by atoms with Crippen LogP contribution in [0.15, 0.2) is 48.1 Å². The number of likely N-dealkylation sites (N-methyl/N-ethyl adjacent to an activating group) is 1. The maximum Gasteiger partial charge on any atom is 0.416 e. The van der Waals surface area contributed by atoms with E-state index in [0.717, 1.165) is 41.7 Å². The third kappa shape index (κ3) is 6.34. The van der Waals surface area contributed by atoms with Crippen molar-refractivity contribution in [1.29, 1.82) is 0 Å². The number of carbonyl (C=O) groups excluding carboxylic acids is 2. The Labute approximate surface area is 256 Å². The predicted octanol–water partition coefficient (Wildman–Crippen LogP) is 6.24. The quantitative estimate of drug-likeness (QED) is 0.214. The van der Waals surface area contributed by atoms with E-state index in [4.69, 9.17) is 0 Å². The molecular formula is C31H32F3N7O2S. The summed E-state index contributed by atoms with van der Waals surface area (Å²) < 4.78 is 42.3. The van der Waals surface area contributed by atoms with E-state index >= 15 is 0 Å². The zero-order valence-electron chi connectivity index (χ0n) is 24.5. The van der Waals surface area contributed by atoms with Crippen LogP contribution in [0.5, 0.6) is 0 Å². The molecule has 3 N–H and O–H groups in total. The molecule has 1 aliphatic heterocycles. The highest BCUT2D eigenvalue weighted by molar-refractivity contribution is 7.18. The molecule has 230 valence electrons. The summed E-state index contributed by atoms with van der Waals surface area (Å²) in [6.07, 6.45) is -0.197. The zero-order chi connectivity index (χ0) is 31.2. The summed E-state index contributed by atoms with van der Waals surface area (Å²) in [5.74, 6) is -0.344. The topological polar surface area (TPSA) is 102 Å². The average molecular weight is 624 g/mol. The van der Waals surface area contributed by atoms with Crippen molar-refractivity contribution in [2.45, 2.75) is 44.4 Å². The van der Waals surface area contributed by atoms with Crippen molar-refractivity contribution in [2.24, 2.45) is 0 Å². The van der Waals surface area contributed by atoms with Crippen LogP contribution in [0.2, 0.25) is 0 Å². The van der Waals surface area contributed by atoms with Gasteiger partial charge in [-0.25, -0.2) is 9.97 Å². The normalized spacial score (nSPS) is 16.9. The lowest BCUT2D eigenvalue weighted by Crippen LogP contribution is -2.31. The summed E-state index contributed by atoms with van der Waals surface area (Å²) in [5, 5.41) is 10.7. The number of anilines is 4. The Bertz CT molecular complexity index is 1740. The van der Waals surface area contributed by atoms with Gasteiger partial charge in [-0.2, -0.15) is 13.2 Å². The zero-order valence-corrected chi connectivity index (χ0v) is 25.3. The second kappa shape index (κ2) is 11.7. The third-order valence-electron chi connectivity index (χ3n) is 8.03. The van der Waals surface area contributed by atoms with Gasteiger partial charge in [-0.05, 0) is 76.2 Å². The Morgan fingerprint density at radius 1 is 1.02 bits per heavy atom. The molecular weight excluding hydrogens is 591 g/mol. The minimum absolute atomic E-state index is 0.102. The summed E-state index contributed by atoms with van der Waals surface area (Å²) in [6.45, 7) is 2.97. The van der Waals surface area contributed by atoms with Gasteiger partial charge in [0.05, 0.1) is 21.3 Å². The molecule has 0 radical (unpaired) electrons. The Balaban J connectivity index is 1.21. The van der Waals surface area contributed by atoms with Gasteiger partial charge in [0.15, 0.2) is 0 Å². The van der Waals surface area contributed by atoms with Gasteiger partial charge in [0.25, 0.3) is 11.8 Å².